The number of carbonyl (C=O) groups excluding carboxylic acids is 4. The fraction of sp³-hybridized carbons (Fsp3) is 0.902. The number of piperidine rings is 2. The number of hydrogen-bond acceptors (Lipinski definition) is 16. The molecule has 3 aliphatic heterocycles. The van der Waals surface area contributed by atoms with E-state index in [1.807, 2.05) is 6.92 Å². The highest BCUT2D eigenvalue weighted by Crippen LogP contribution is 2.78. The Kier molecular flexibility index (Phi) is 10.3. The second kappa shape index (κ2) is 13.8. The molecule has 4 aliphatic carbocycles. The first-order chi connectivity index (χ1) is 26.3. The van der Waals surface area contributed by atoms with Crippen molar-refractivity contribution in [2.24, 2.45) is 46.8 Å². The van der Waals surface area contributed by atoms with Gasteiger partial charge in [-0.3, -0.25) is 19.3 Å². The Hall–Kier alpha value is -2.44. The van der Waals surface area contributed by atoms with Crippen molar-refractivity contribution in [1.29, 1.82) is 0 Å². The van der Waals surface area contributed by atoms with Crippen molar-refractivity contribution in [2.45, 2.75) is 172 Å². The van der Waals surface area contributed by atoms with E-state index in [1.54, 1.807) is 20.8 Å². The summed E-state index contributed by atoms with van der Waals surface area (Å²) in [4.78, 5) is 55.6. The number of nitrogens with zero attached hydrogens (tertiary/aromatic N) is 1. The molecule has 4 bridgehead atoms. The summed E-state index contributed by atoms with van der Waals surface area (Å²) in [6.07, 6.45) is -7.41. The van der Waals surface area contributed by atoms with Gasteiger partial charge in [0, 0.05) is 44.3 Å². The molecule has 12 unspecified atom stereocenters. The standard InChI is InChI=1S/C41H63NO15/c1-10-19(3)34(47)56-33-28(46)27-23(17-42-16-18(2)11-12-25(42)38(27,9)50)24-15-39-32(40(24,33)51)30(54-22(6)45)29(53-21(5)44)31-36(39,7)14-13-26(41(31,52)57-39)55-35(48)37(8,49)20(4)43/h18-20,23-33,43,46,49-52H,10-17H2,1-9H3/t18?,19?,20?,23?,24?,25?,26?,27?,28-,29?,30-,31?,32?,33+,36+,37?,38-,39-,40+,41-/m1/s1. The molecule has 0 aromatic rings. The number of aliphatic hydroxyl groups is 6. The van der Waals surface area contributed by atoms with Crippen LogP contribution >= 0.6 is 0 Å². The van der Waals surface area contributed by atoms with Gasteiger partial charge in [-0.25, -0.2) is 4.79 Å². The summed E-state index contributed by atoms with van der Waals surface area (Å²) in [5.74, 6) is -11.5. The highest BCUT2D eigenvalue weighted by atomic mass is 16.7. The first-order valence-corrected chi connectivity index (χ1v) is 20.8. The largest absolute Gasteiger partial charge is 0.458 e. The van der Waals surface area contributed by atoms with E-state index in [4.69, 9.17) is 23.7 Å². The zero-order chi connectivity index (χ0) is 42.2. The van der Waals surface area contributed by atoms with Gasteiger partial charge >= 0.3 is 23.9 Å². The van der Waals surface area contributed by atoms with Crippen molar-refractivity contribution in [2.75, 3.05) is 13.1 Å². The maximum atomic E-state index is 13.9. The SMILES string of the molecule is CCC(C)C(=O)O[C@H]1[C@H](O)C2C(CN3CC(C)CCC3[C@@]2(C)O)C2C[C@]34O[C@]5(O)C(OC(=O)C(C)(O)C(C)O)CC[C@@]3(C)C5C(OC(C)=O)[C@@H](OC(C)=O)C4[C@@]21O. The number of ether oxygens (including phenoxy) is 5. The molecule has 0 aromatic heterocycles. The number of fused-ring (bicyclic) bond motifs is 5. The van der Waals surface area contributed by atoms with Crippen molar-refractivity contribution < 1.29 is 73.5 Å². The van der Waals surface area contributed by atoms with Gasteiger partial charge in [-0.05, 0) is 77.0 Å². The van der Waals surface area contributed by atoms with Crippen LogP contribution in [0.25, 0.3) is 0 Å². The second-order valence-electron chi connectivity index (χ2n) is 19.4. The molecule has 16 nitrogen and oxygen atoms in total. The Morgan fingerprint density at radius 3 is 2.12 bits per heavy atom. The van der Waals surface area contributed by atoms with E-state index in [9.17, 15) is 49.8 Å². The Balaban J connectivity index is 1.45. The van der Waals surface area contributed by atoms with E-state index in [0.717, 1.165) is 27.2 Å². The van der Waals surface area contributed by atoms with Crippen LogP contribution in [0.3, 0.4) is 0 Å². The topological polar surface area (TPSA) is 239 Å². The number of rotatable bonds is 8. The van der Waals surface area contributed by atoms with Gasteiger partial charge in [0.15, 0.2) is 17.8 Å². The van der Waals surface area contributed by atoms with Gasteiger partial charge in [-0.1, -0.05) is 27.7 Å². The normalized spacial score (nSPS) is 50.4. The Morgan fingerprint density at radius 1 is 0.930 bits per heavy atom. The fourth-order valence-corrected chi connectivity index (χ4v) is 13.1. The van der Waals surface area contributed by atoms with Crippen molar-refractivity contribution in [3.05, 3.63) is 0 Å². The third kappa shape index (κ3) is 5.81. The zero-order valence-electron chi connectivity index (χ0n) is 34.5. The average molecular weight is 810 g/mol. The van der Waals surface area contributed by atoms with Gasteiger partial charge in [-0.2, -0.15) is 0 Å². The maximum absolute atomic E-state index is 13.9. The molecule has 16 heteroatoms. The first kappa shape index (κ1) is 42.7. The lowest BCUT2D eigenvalue weighted by molar-refractivity contribution is -0.301. The van der Waals surface area contributed by atoms with Gasteiger partial charge in [0.1, 0.15) is 17.8 Å². The first-order valence-electron chi connectivity index (χ1n) is 20.8. The third-order valence-corrected chi connectivity index (χ3v) is 16.1. The van der Waals surface area contributed by atoms with E-state index in [-0.39, 0.29) is 25.3 Å². The van der Waals surface area contributed by atoms with Crippen LogP contribution in [0.4, 0.5) is 0 Å². The lowest BCUT2D eigenvalue weighted by Gasteiger charge is -2.64. The molecule has 0 aromatic carbocycles. The Bertz CT molecular complexity index is 1650. The minimum absolute atomic E-state index is 0.0170. The lowest BCUT2D eigenvalue weighted by Crippen LogP contribution is -2.78. The molecule has 57 heavy (non-hydrogen) atoms. The average Bonchev–Trinajstić information content (AvgIpc) is 3.40. The van der Waals surface area contributed by atoms with E-state index < -0.39 is 130 Å². The quantitative estimate of drug-likeness (QED) is 0.145. The summed E-state index contributed by atoms with van der Waals surface area (Å²) in [6.45, 7) is 14.7. The molecule has 20 atom stereocenters. The summed E-state index contributed by atoms with van der Waals surface area (Å²) in [5.41, 5.74) is -9.03. The summed E-state index contributed by atoms with van der Waals surface area (Å²) in [7, 11) is 0. The molecule has 0 radical (unpaired) electrons. The Labute approximate surface area is 333 Å². The van der Waals surface area contributed by atoms with Crippen LogP contribution < -0.4 is 0 Å². The van der Waals surface area contributed by atoms with E-state index in [1.165, 1.54) is 6.92 Å². The number of esters is 4. The van der Waals surface area contributed by atoms with Crippen LogP contribution in [0.5, 0.6) is 0 Å². The Morgan fingerprint density at radius 2 is 1.54 bits per heavy atom. The minimum atomic E-state index is -2.47. The molecule has 7 aliphatic rings. The van der Waals surface area contributed by atoms with E-state index >= 15 is 0 Å². The molecule has 0 amide bonds. The second-order valence-corrected chi connectivity index (χ2v) is 19.4. The van der Waals surface area contributed by atoms with Gasteiger partial charge in [0.2, 0.25) is 5.79 Å². The molecule has 7 rings (SSSR count). The van der Waals surface area contributed by atoms with Gasteiger partial charge in [0.25, 0.3) is 0 Å². The predicted octanol–water partition coefficient (Wildman–Crippen LogP) is 0.578. The summed E-state index contributed by atoms with van der Waals surface area (Å²) < 4.78 is 31.1. The number of carbonyl (C=O) groups is 4. The number of hydrogen-bond donors (Lipinski definition) is 6. The summed E-state index contributed by atoms with van der Waals surface area (Å²) in [5, 5.41) is 73.2. The molecule has 7 fully saturated rings. The van der Waals surface area contributed by atoms with Crippen molar-refractivity contribution in [3.8, 4) is 0 Å². The predicted molar refractivity (Wildman–Crippen MR) is 196 cm³/mol. The van der Waals surface area contributed by atoms with Gasteiger partial charge < -0.3 is 54.3 Å². The highest BCUT2D eigenvalue weighted by Gasteiger charge is 2.90. The fourth-order valence-electron chi connectivity index (χ4n) is 13.1. The molecule has 6 N–H and O–H groups in total. The van der Waals surface area contributed by atoms with Crippen LogP contribution in [0.2, 0.25) is 0 Å². The molecular formula is C41H63NO15. The molecule has 322 valence electrons. The highest BCUT2D eigenvalue weighted by molar-refractivity contribution is 5.79. The molecule has 3 saturated heterocycles. The lowest BCUT2D eigenvalue weighted by atomic mass is 9.48. The summed E-state index contributed by atoms with van der Waals surface area (Å²) >= 11 is 0. The third-order valence-electron chi connectivity index (χ3n) is 16.1. The van der Waals surface area contributed by atoms with E-state index in [2.05, 4.69) is 11.8 Å². The maximum Gasteiger partial charge on any atom is 0.341 e. The van der Waals surface area contributed by atoms with Gasteiger partial charge in [-0.15, -0.1) is 0 Å². The minimum Gasteiger partial charge on any atom is -0.458 e. The smallest absolute Gasteiger partial charge is 0.341 e. The molecule has 4 saturated carbocycles. The van der Waals surface area contributed by atoms with Crippen molar-refractivity contribution in [1.82, 2.24) is 4.90 Å². The van der Waals surface area contributed by atoms with Crippen LogP contribution in [-0.2, 0) is 42.9 Å². The van der Waals surface area contributed by atoms with Crippen LogP contribution in [0, 0.1) is 46.8 Å². The van der Waals surface area contributed by atoms with Crippen LogP contribution in [0.1, 0.15) is 101 Å². The molecule has 3 heterocycles. The van der Waals surface area contributed by atoms with Gasteiger partial charge in [0.05, 0.1) is 41.2 Å². The van der Waals surface area contributed by atoms with Crippen molar-refractivity contribution in [3.63, 3.8) is 0 Å². The summed E-state index contributed by atoms with van der Waals surface area (Å²) in [6, 6.07) is -0.329. The van der Waals surface area contributed by atoms with Crippen molar-refractivity contribution >= 4 is 23.9 Å². The molecular weight excluding hydrogens is 746 g/mol. The zero-order valence-corrected chi connectivity index (χ0v) is 34.5. The van der Waals surface area contributed by atoms with E-state index in [0.29, 0.717) is 31.8 Å². The number of aliphatic hydroxyl groups excluding tert-OH is 2. The molecule has 1 spiro atoms. The monoisotopic (exact) mass is 809 g/mol. The van der Waals surface area contributed by atoms with Crippen LogP contribution in [-0.4, -0.2) is 143 Å². The van der Waals surface area contributed by atoms with Crippen LogP contribution in [0.15, 0.2) is 0 Å².